The number of amides is 2. The lowest BCUT2D eigenvalue weighted by Crippen LogP contribution is -2.42. The van der Waals surface area contributed by atoms with Gasteiger partial charge in [0.2, 0.25) is 0 Å². The molecule has 1 aliphatic heterocycles. The van der Waals surface area contributed by atoms with Crippen LogP contribution in [0.3, 0.4) is 0 Å². The molecule has 0 radical (unpaired) electrons. The van der Waals surface area contributed by atoms with Gasteiger partial charge in [-0.3, -0.25) is 9.59 Å². The molecule has 8 heteroatoms. The number of carbonyl (C=O) groups excluding carboxylic acids is 2. The van der Waals surface area contributed by atoms with Gasteiger partial charge < -0.3 is 29.2 Å². The Morgan fingerprint density at radius 1 is 0.897 bits per heavy atom. The van der Waals surface area contributed by atoms with E-state index < -0.39 is 0 Å². The lowest BCUT2D eigenvalue weighted by atomic mass is 10.3. The zero-order valence-corrected chi connectivity index (χ0v) is 16.3. The molecule has 0 aromatic heterocycles. The normalized spacial score (nSPS) is 13.5. The van der Waals surface area contributed by atoms with Crippen LogP contribution in [0.4, 0.5) is 5.69 Å². The first-order valence-electron chi connectivity index (χ1n) is 9.29. The highest BCUT2D eigenvalue weighted by molar-refractivity contribution is 5.91. The molecule has 1 aliphatic rings. The summed E-state index contributed by atoms with van der Waals surface area (Å²) < 4.78 is 21.3. The van der Waals surface area contributed by atoms with Crippen LogP contribution in [0.25, 0.3) is 0 Å². The van der Waals surface area contributed by atoms with Crippen LogP contribution in [-0.4, -0.2) is 63.3 Å². The van der Waals surface area contributed by atoms with E-state index in [4.69, 9.17) is 18.9 Å². The predicted molar refractivity (Wildman–Crippen MR) is 106 cm³/mol. The minimum atomic E-state index is -0.281. The molecule has 2 aromatic rings. The number of nitrogens with one attached hydrogen (secondary N) is 1. The van der Waals surface area contributed by atoms with E-state index in [9.17, 15) is 9.59 Å². The van der Waals surface area contributed by atoms with Gasteiger partial charge >= 0.3 is 0 Å². The highest BCUT2D eigenvalue weighted by atomic mass is 16.5. The molecule has 0 saturated carbocycles. The molecule has 0 unspecified atom stereocenters. The van der Waals surface area contributed by atoms with Crippen LogP contribution in [0, 0.1) is 0 Å². The van der Waals surface area contributed by atoms with Crippen molar-refractivity contribution in [3.8, 4) is 17.2 Å². The van der Waals surface area contributed by atoms with Crippen LogP contribution >= 0.6 is 0 Å². The summed E-state index contributed by atoms with van der Waals surface area (Å²) in [5.41, 5.74) is 0.611. The van der Waals surface area contributed by atoms with Gasteiger partial charge in [-0.2, -0.15) is 0 Å². The van der Waals surface area contributed by atoms with Gasteiger partial charge in [0.25, 0.3) is 11.8 Å². The first-order chi connectivity index (χ1) is 14.1. The second-order valence-electron chi connectivity index (χ2n) is 6.32. The average molecular weight is 400 g/mol. The highest BCUT2D eigenvalue weighted by Crippen LogP contribution is 2.18. The number of anilines is 1. The van der Waals surface area contributed by atoms with E-state index in [0.717, 1.165) is 5.75 Å². The lowest BCUT2D eigenvalue weighted by molar-refractivity contribution is -0.137. The molecule has 1 fully saturated rings. The molecule has 8 nitrogen and oxygen atoms in total. The maximum Gasteiger partial charge on any atom is 0.262 e. The van der Waals surface area contributed by atoms with Crippen LogP contribution in [0.15, 0.2) is 48.5 Å². The number of morpholine rings is 1. The van der Waals surface area contributed by atoms with Crippen molar-refractivity contribution in [1.29, 1.82) is 0 Å². The summed E-state index contributed by atoms with van der Waals surface area (Å²) in [6, 6.07) is 13.8. The van der Waals surface area contributed by atoms with E-state index in [2.05, 4.69) is 5.32 Å². The fraction of sp³-hybridized carbons (Fsp3) is 0.333. The Morgan fingerprint density at radius 3 is 2.07 bits per heavy atom. The van der Waals surface area contributed by atoms with Gasteiger partial charge in [0.1, 0.15) is 17.2 Å². The minimum absolute atomic E-state index is 0.0264. The Morgan fingerprint density at radius 2 is 1.45 bits per heavy atom. The van der Waals surface area contributed by atoms with Crippen LogP contribution in [0.1, 0.15) is 0 Å². The Hall–Kier alpha value is -3.26. The van der Waals surface area contributed by atoms with E-state index in [1.807, 2.05) is 0 Å². The first kappa shape index (κ1) is 20.5. The quantitative estimate of drug-likeness (QED) is 0.729. The van der Waals surface area contributed by atoms with E-state index in [1.165, 1.54) is 0 Å². The van der Waals surface area contributed by atoms with Gasteiger partial charge in [0.15, 0.2) is 13.2 Å². The average Bonchev–Trinajstić information content (AvgIpc) is 2.78. The molecule has 1 N–H and O–H groups in total. The molecule has 29 heavy (non-hydrogen) atoms. The third-order valence-electron chi connectivity index (χ3n) is 4.29. The zero-order valence-electron chi connectivity index (χ0n) is 16.3. The monoisotopic (exact) mass is 400 g/mol. The number of rotatable bonds is 8. The summed E-state index contributed by atoms with van der Waals surface area (Å²) in [7, 11) is 1.58. The summed E-state index contributed by atoms with van der Waals surface area (Å²) >= 11 is 0. The van der Waals surface area contributed by atoms with Crippen molar-refractivity contribution in [1.82, 2.24) is 4.90 Å². The molecule has 2 aromatic carbocycles. The largest absolute Gasteiger partial charge is 0.497 e. The van der Waals surface area contributed by atoms with Crippen molar-refractivity contribution in [2.24, 2.45) is 0 Å². The smallest absolute Gasteiger partial charge is 0.262 e. The molecular formula is C21H24N2O6. The number of hydrogen-bond donors (Lipinski definition) is 1. The summed E-state index contributed by atoms with van der Waals surface area (Å²) in [6.07, 6.45) is 0. The number of hydrogen-bond acceptors (Lipinski definition) is 6. The molecule has 0 spiro atoms. The number of methoxy groups -OCH3 is 1. The second-order valence-corrected chi connectivity index (χ2v) is 6.32. The summed E-state index contributed by atoms with van der Waals surface area (Å²) in [5.74, 6) is 1.50. The maximum absolute atomic E-state index is 12.1. The summed E-state index contributed by atoms with van der Waals surface area (Å²) in [4.78, 5) is 25.8. The predicted octanol–water partition coefficient (Wildman–Crippen LogP) is 1.95. The van der Waals surface area contributed by atoms with Crippen LogP contribution < -0.4 is 19.5 Å². The Balaban J connectivity index is 1.40. The zero-order chi connectivity index (χ0) is 20.5. The highest BCUT2D eigenvalue weighted by Gasteiger charge is 2.17. The molecule has 0 atom stereocenters. The second kappa shape index (κ2) is 10.3. The Labute approximate surface area is 169 Å². The van der Waals surface area contributed by atoms with E-state index in [-0.39, 0.29) is 25.0 Å². The van der Waals surface area contributed by atoms with Crippen molar-refractivity contribution < 1.29 is 28.5 Å². The molecular weight excluding hydrogens is 376 g/mol. The number of nitrogens with zero attached hydrogens (tertiary/aromatic N) is 1. The van der Waals surface area contributed by atoms with Crippen LogP contribution in [-0.2, 0) is 14.3 Å². The molecule has 154 valence electrons. The van der Waals surface area contributed by atoms with Crippen molar-refractivity contribution in [3.05, 3.63) is 48.5 Å². The SMILES string of the molecule is COc1ccc(OCC(=O)Nc2ccc(OCC(=O)N3CCOCC3)cc2)cc1. The summed E-state index contributed by atoms with van der Waals surface area (Å²) in [5, 5.41) is 2.75. The molecule has 1 saturated heterocycles. The van der Waals surface area contributed by atoms with Gasteiger partial charge in [0.05, 0.1) is 20.3 Å². The number of benzene rings is 2. The van der Waals surface area contributed by atoms with E-state index >= 15 is 0 Å². The Kier molecular flexibility index (Phi) is 7.29. The third kappa shape index (κ3) is 6.39. The molecule has 0 bridgehead atoms. The number of ether oxygens (including phenoxy) is 4. The maximum atomic E-state index is 12.1. The lowest BCUT2D eigenvalue weighted by Gasteiger charge is -2.26. The Bertz CT molecular complexity index is 801. The van der Waals surface area contributed by atoms with Gasteiger partial charge in [0, 0.05) is 18.8 Å². The van der Waals surface area contributed by atoms with Gasteiger partial charge in [-0.05, 0) is 48.5 Å². The minimum Gasteiger partial charge on any atom is -0.497 e. The van der Waals surface area contributed by atoms with Crippen molar-refractivity contribution >= 4 is 17.5 Å². The fourth-order valence-corrected chi connectivity index (χ4v) is 2.70. The molecule has 2 amide bonds. The molecule has 3 rings (SSSR count). The van der Waals surface area contributed by atoms with Crippen LogP contribution in [0.5, 0.6) is 17.2 Å². The van der Waals surface area contributed by atoms with E-state index in [1.54, 1.807) is 60.5 Å². The summed E-state index contributed by atoms with van der Waals surface area (Å²) in [6.45, 7) is 2.15. The topological polar surface area (TPSA) is 86.3 Å². The first-order valence-corrected chi connectivity index (χ1v) is 9.29. The van der Waals surface area contributed by atoms with E-state index in [0.29, 0.717) is 43.5 Å². The standard InChI is InChI=1S/C21H24N2O6/c1-26-17-6-8-19(9-7-17)28-14-20(24)22-16-2-4-18(5-3-16)29-15-21(25)23-10-12-27-13-11-23/h2-9H,10-15H2,1H3,(H,22,24). The van der Waals surface area contributed by atoms with Gasteiger partial charge in [-0.15, -0.1) is 0 Å². The third-order valence-corrected chi connectivity index (χ3v) is 4.29. The molecule has 0 aliphatic carbocycles. The van der Waals surface area contributed by atoms with Gasteiger partial charge in [-0.1, -0.05) is 0 Å². The number of carbonyl (C=O) groups is 2. The van der Waals surface area contributed by atoms with Crippen molar-refractivity contribution in [2.75, 3.05) is 51.9 Å². The fourth-order valence-electron chi connectivity index (χ4n) is 2.70. The van der Waals surface area contributed by atoms with Crippen molar-refractivity contribution in [2.45, 2.75) is 0 Å². The molecule has 1 heterocycles. The van der Waals surface area contributed by atoms with Crippen molar-refractivity contribution in [3.63, 3.8) is 0 Å². The van der Waals surface area contributed by atoms with Crippen LogP contribution in [0.2, 0.25) is 0 Å². The van der Waals surface area contributed by atoms with Gasteiger partial charge in [-0.25, -0.2) is 0 Å².